The summed E-state index contributed by atoms with van der Waals surface area (Å²) in [6.07, 6.45) is -0.248. The molecule has 0 saturated carbocycles. The van der Waals surface area contributed by atoms with Crippen LogP contribution in [0, 0.1) is 0 Å². The minimum atomic E-state index is -1.15. The van der Waals surface area contributed by atoms with Crippen molar-refractivity contribution in [2.24, 2.45) is 0 Å². The number of para-hydroxylation sites is 4. The van der Waals surface area contributed by atoms with Gasteiger partial charge in [-0.25, -0.2) is 0 Å². The Morgan fingerprint density at radius 2 is 0.759 bits per heavy atom. The van der Waals surface area contributed by atoms with Gasteiger partial charge in [0.2, 0.25) is 0 Å². The Kier molecular flexibility index (Phi) is 10.3. The lowest BCUT2D eigenvalue weighted by Crippen LogP contribution is -2.38. The van der Waals surface area contributed by atoms with Gasteiger partial charge < -0.3 is 29.2 Å². The Morgan fingerprint density at radius 3 is 1.07 bits per heavy atom. The molecule has 6 aromatic rings. The van der Waals surface area contributed by atoms with E-state index in [2.05, 4.69) is 80.4 Å². The summed E-state index contributed by atoms with van der Waals surface area (Å²) in [6.45, 7) is 4.11. The SMILES string of the molecule is C[C@@H](O)CCOC1(c2cccc(Br)c2-c2c(Br)cccc2C2(OCC[C@@H](C)O)c3ccccc3Oc3ccccc32)c2ccccc2Oc2ccccc21. The lowest BCUT2D eigenvalue weighted by Gasteiger charge is -2.44. The number of halogens is 2. The first-order valence-corrected chi connectivity index (χ1v) is 19.8. The first-order chi connectivity index (χ1) is 26.3. The number of aliphatic hydroxyl groups excluding tert-OH is 2. The van der Waals surface area contributed by atoms with Gasteiger partial charge in [0.25, 0.3) is 0 Å². The molecule has 0 unspecified atom stereocenters. The van der Waals surface area contributed by atoms with E-state index in [0.717, 1.165) is 53.5 Å². The molecule has 2 atom stereocenters. The summed E-state index contributed by atoms with van der Waals surface area (Å²) >= 11 is 8.09. The van der Waals surface area contributed by atoms with Gasteiger partial charge in [0.1, 0.15) is 23.0 Å². The van der Waals surface area contributed by atoms with E-state index in [9.17, 15) is 10.2 Å². The van der Waals surface area contributed by atoms with E-state index in [1.165, 1.54) is 0 Å². The third-order valence-electron chi connectivity index (χ3n) is 10.2. The molecule has 54 heavy (non-hydrogen) atoms. The van der Waals surface area contributed by atoms with Crippen LogP contribution in [-0.4, -0.2) is 35.6 Å². The zero-order valence-corrected chi connectivity index (χ0v) is 33.1. The Balaban J connectivity index is 1.48. The second kappa shape index (κ2) is 15.1. The number of hydrogen-bond donors (Lipinski definition) is 2. The summed E-state index contributed by atoms with van der Waals surface area (Å²) < 4.78 is 29.3. The van der Waals surface area contributed by atoms with Crippen LogP contribution < -0.4 is 9.47 Å². The van der Waals surface area contributed by atoms with Crippen molar-refractivity contribution in [1.82, 2.24) is 0 Å². The summed E-state index contributed by atoms with van der Waals surface area (Å²) in [5.74, 6) is 2.77. The highest BCUT2D eigenvalue weighted by atomic mass is 79.9. The van der Waals surface area contributed by atoms with E-state index in [-0.39, 0.29) is 13.2 Å². The average molecular weight is 849 g/mol. The smallest absolute Gasteiger partial charge is 0.151 e. The fraction of sp³-hybridized carbons (Fsp3) is 0.217. The van der Waals surface area contributed by atoms with Crippen LogP contribution in [0.4, 0.5) is 0 Å². The highest BCUT2D eigenvalue weighted by Crippen LogP contribution is 2.59. The molecule has 0 aliphatic carbocycles. The van der Waals surface area contributed by atoms with Gasteiger partial charge in [-0.15, -0.1) is 0 Å². The molecule has 0 spiro atoms. The minimum Gasteiger partial charge on any atom is -0.457 e. The lowest BCUT2D eigenvalue weighted by atomic mass is 9.71. The summed E-state index contributed by atoms with van der Waals surface area (Å²) in [5.41, 5.74) is 4.65. The van der Waals surface area contributed by atoms with Crippen molar-refractivity contribution in [2.75, 3.05) is 13.2 Å². The Labute approximate surface area is 332 Å². The number of hydrogen-bond acceptors (Lipinski definition) is 6. The van der Waals surface area contributed by atoms with Crippen LogP contribution >= 0.6 is 31.9 Å². The van der Waals surface area contributed by atoms with Crippen molar-refractivity contribution in [1.29, 1.82) is 0 Å². The van der Waals surface area contributed by atoms with E-state index in [4.69, 9.17) is 18.9 Å². The van der Waals surface area contributed by atoms with E-state index in [1.54, 1.807) is 13.8 Å². The van der Waals surface area contributed by atoms with Crippen molar-refractivity contribution >= 4 is 31.9 Å². The fourth-order valence-corrected chi connectivity index (χ4v) is 9.00. The molecule has 2 heterocycles. The van der Waals surface area contributed by atoms with Crippen molar-refractivity contribution in [2.45, 2.75) is 50.1 Å². The Morgan fingerprint density at radius 1 is 0.463 bits per heavy atom. The zero-order chi connectivity index (χ0) is 37.5. The first kappa shape index (κ1) is 36.7. The van der Waals surface area contributed by atoms with Crippen molar-refractivity contribution in [3.8, 4) is 34.1 Å². The number of rotatable bonds is 11. The predicted octanol–water partition coefficient (Wildman–Crippen LogP) is 11.2. The van der Waals surface area contributed by atoms with Crippen LogP contribution in [0.15, 0.2) is 142 Å². The van der Waals surface area contributed by atoms with Gasteiger partial charge >= 0.3 is 0 Å². The predicted molar refractivity (Wildman–Crippen MR) is 217 cm³/mol. The fourth-order valence-electron chi connectivity index (χ4n) is 7.87. The van der Waals surface area contributed by atoms with Gasteiger partial charge in [-0.3, -0.25) is 0 Å². The molecule has 0 bridgehead atoms. The van der Waals surface area contributed by atoms with Crippen molar-refractivity contribution < 1.29 is 29.2 Å². The molecule has 0 aromatic heterocycles. The molecule has 0 fully saturated rings. The number of ether oxygens (including phenoxy) is 4. The molecule has 8 heteroatoms. The van der Waals surface area contributed by atoms with Crippen LogP contribution in [0.1, 0.15) is 60.1 Å². The largest absolute Gasteiger partial charge is 0.457 e. The molecule has 274 valence electrons. The van der Waals surface area contributed by atoms with E-state index in [0.29, 0.717) is 35.8 Å². The normalized spacial score (nSPS) is 15.7. The maximum Gasteiger partial charge on any atom is 0.151 e. The number of benzene rings is 6. The summed E-state index contributed by atoms with van der Waals surface area (Å²) in [4.78, 5) is 0. The van der Waals surface area contributed by atoms with Crippen LogP contribution in [0.3, 0.4) is 0 Å². The van der Waals surface area contributed by atoms with Crippen LogP contribution in [-0.2, 0) is 20.7 Å². The molecule has 6 nitrogen and oxygen atoms in total. The third kappa shape index (κ3) is 6.19. The van der Waals surface area contributed by atoms with Gasteiger partial charge in [-0.05, 0) is 63.1 Å². The monoisotopic (exact) mass is 846 g/mol. The molecule has 8 rings (SSSR count). The molecule has 6 aromatic carbocycles. The number of aliphatic hydroxyl groups is 2. The quantitative estimate of drug-likeness (QED) is 0.135. The summed E-state index contributed by atoms with van der Waals surface area (Å²) in [5, 5.41) is 20.9. The minimum absolute atomic E-state index is 0.277. The lowest BCUT2D eigenvalue weighted by molar-refractivity contribution is -0.00941. The van der Waals surface area contributed by atoms with Crippen LogP contribution in [0.5, 0.6) is 23.0 Å². The average Bonchev–Trinajstić information content (AvgIpc) is 3.17. The second-order valence-electron chi connectivity index (χ2n) is 13.8. The number of fused-ring (bicyclic) bond motifs is 4. The van der Waals surface area contributed by atoms with Gasteiger partial charge in [0.05, 0.1) is 25.4 Å². The molecule has 0 saturated heterocycles. The maximum atomic E-state index is 10.5. The Hall–Kier alpha value is -4.28. The molecule has 2 N–H and O–H groups in total. The Bertz CT molecular complexity index is 2060. The van der Waals surface area contributed by atoms with Gasteiger partial charge in [0.15, 0.2) is 11.2 Å². The second-order valence-corrected chi connectivity index (χ2v) is 15.6. The third-order valence-corrected chi connectivity index (χ3v) is 11.6. The van der Waals surface area contributed by atoms with E-state index in [1.807, 2.05) is 84.9 Å². The first-order valence-electron chi connectivity index (χ1n) is 18.2. The summed E-state index contributed by atoms with van der Waals surface area (Å²) in [6, 6.07) is 44.4. The highest BCUT2D eigenvalue weighted by molar-refractivity contribution is 9.11. The maximum absolute atomic E-state index is 10.5. The zero-order valence-electron chi connectivity index (χ0n) is 30.0. The topological polar surface area (TPSA) is 77.4 Å². The molecule has 2 aliphatic heterocycles. The highest BCUT2D eigenvalue weighted by Gasteiger charge is 2.50. The van der Waals surface area contributed by atoms with Gasteiger partial charge in [-0.1, -0.05) is 129 Å². The molecular formula is C46H40Br2O6. The van der Waals surface area contributed by atoms with E-state index >= 15 is 0 Å². The van der Waals surface area contributed by atoms with Gasteiger partial charge in [0, 0.05) is 53.5 Å². The molecule has 0 amide bonds. The van der Waals surface area contributed by atoms with Gasteiger partial charge in [-0.2, -0.15) is 0 Å². The molecule has 0 radical (unpaired) electrons. The van der Waals surface area contributed by atoms with E-state index < -0.39 is 23.4 Å². The summed E-state index contributed by atoms with van der Waals surface area (Å²) in [7, 11) is 0. The molecular weight excluding hydrogens is 808 g/mol. The van der Waals surface area contributed by atoms with Crippen LogP contribution in [0.2, 0.25) is 0 Å². The standard InChI is InChI=1S/C46H40Br2O6/c1-29(49)25-27-51-45(31-13-3-7-21-39(31)53-40-22-8-4-14-32(40)45)35-17-11-19-37(47)43(35)44-36(18-12-20-38(44)48)46(52-28-26-30(2)50)33-15-5-9-23-41(33)54-42-24-10-6-16-34(42)46/h3-24,29-30,49-50H,25-28H2,1-2H3/t29-,30-/m1/s1. The van der Waals surface area contributed by atoms with Crippen molar-refractivity contribution in [3.05, 3.63) is 176 Å². The molecule has 2 aliphatic rings. The van der Waals surface area contributed by atoms with Crippen LogP contribution in [0.25, 0.3) is 11.1 Å². The van der Waals surface area contributed by atoms with Crippen molar-refractivity contribution in [3.63, 3.8) is 0 Å².